The SMILES string of the molecule is Cc1ccc(CNC(=O)c2ccc(F)c(F)c2)o1. The van der Waals surface area contributed by atoms with Crippen LogP contribution in [0, 0.1) is 18.6 Å². The number of rotatable bonds is 3. The van der Waals surface area contributed by atoms with Crippen LogP contribution in [0.3, 0.4) is 0 Å². The minimum absolute atomic E-state index is 0.0668. The van der Waals surface area contributed by atoms with E-state index in [1.54, 1.807) is 19.1 Å². The first-order valence-electron chi connectivity index (χ1n) is 5.35. The van der Waals surface area contributed by atoms with Crippen molar-refractivity contribution in [3.05, 3.63) is 59.1 Å². The van der Waals surface area contributed by atoms with Crippen molar-refractivity contribution in [2.45, 2.75) is 13.5 Å². The van der Waals surface area contributed by atoms with Gasteiger partial charge < -0.3 is 9.73 Å². The number of carbonyl (C=O) groups excluding carboxylic acids is 1. The summed E-state index contributed by atoms with van der Waals surface area (Å²) in [5.74, 6) is -1.16. The second-order valence-electron chi connectivity index (χ2n) is 3.82. The number of hydrogen-bond acceptors (Lipinski definition) is 2. The average molecular weight is 251 g/mol. The fourth-order valence-corrected chi connectivity index (χ4v) is 1.49. The van der Waals surface area contributed by atoms with Gasteiger partial charge in [-0.25, -0.2) is 8.78 Å². The molecule has 0 aliphatic rings. The van der Waals surface area contributed by atoms with Crippen LogP contribution in [0.25, 0.3) is 0 Å². The predicted molar refractivity (Wildman–Crippen MR) is 61.0 cm³/mol. The van der Waals surface area contributed by atoms with Crippen molar-refractivity contribution in [1.29, 1.82) is 0 Å². The highest BCUT2D eigenvalue weighted by molar-refractivity contribution is 5.94. The fourth-order valence-electron chi connectivity index (χ4n) is 1.49. The maximum atomic E-state index is 12.9. The van der Waals surface area contributed by atoms with Crippen LogP contribution in [0.5, 0.6) is 0 Å². The first-order valence-corrected chi connectivity index (χ1v) is 5.35. The van der Waals surface area contributed by atoms with E-state index in [-0.39, 0.29) is 12.1 Å². The van der Waals surface area contributed by atoms with Gasteiger partial charge >= 0.3 is 0 Å². The minimum Gasteiger partial charge on any atom is -0.465 e. The highest BCUT2D eigenvalue weighted by Crippen LogP contribution is 2.09. The molecule has 18 heavy (non-hydrogen) atoms. The number of hydrogen-bond donors (Lipinski definition) is 1. The number of amides is 1. The zero-order chi connectivity index (χ0) is 13.1. The van der Waals surface area contributed by atoms with Gasteiger partial charge in [0.1, 0.15) is 11.5 Å². The Kier molecular flexibility index (Phi) is 3.41. The van der Waals surface area contributed by atoms with Crippen LogP contribution in [0.2, 0.25) is 0 Å². The summed E-state index contributed by atoms with van der Waals surface area (Å²) in [5.41, 5.74) is 0.0668. The maximum Gasteiger partial charge on any atom is 0.251 e. The molecule has 2 rings (SSSR count). The quantitative estimate of drug-likeness (QED) is 0.911. The van der Waals surface area contributed by atoms with E-state index in [1.165, 1.54) is 6.07 Å². The summed E-state index contributed by atoms with van der Waals surface area (Å²) in [4.78, 5) is 11.6. The molecule has 0 saturated carbocycles. The summed E-state index contributed by atoms with van der Waals surface area (Å²) in [5, 5.41) is 2.55. The van der Waals surface area contributed by atoms with Crippen molar-refractivity contribution >= 4 is 5.91 Å². The normalized spacial score (nSPS) is 10.4. The van der Waals surface area contributed by atoms with Gasteiger partial charge in [-0.3, -0.25) is 4.79 Å². The highest BCUT2D eigenvalue weighted by Gasteiger charge is 2.10. The Hall–Kier alpha value is -2.17. The fraction of sp³-hybridized carbons (Fsp3) is 0.154. The van der Waals surface area contributed by atoms with Gasteiger partial charge in [0.25, 0.3) is 5.91 Å². The molecule has 2 aromatic rings. The highest BCUT2D eigenvalue weighted by atomic mass is 19.2. The molecule has 1 aromatic carbocycles. The lowest BCUT2D eigenvalue weighted by molar-refractivity contribution is 0.0947. The maximum absolute atomic E-state index is 12.9. The van der Waals surface area contributed by atoms with E-state index in [1.807, 2.05) is 0 Å². The van der Waals surface area contributed by atoms with E-state index in [0.29, 0.717) is 5.76 Å². The average Bonchev–Trinajstić information content (AvgIpc) is 2.75. The molecule has 0 fully saturated rings. The first kappa shape index (κ1) is 12.3. The van der Waals surface area contributed by atoms with Crippen LogP contribution in [-0.4, -0.2) is 5.91 Å². The number of nitrogens with one attached hydrogen (secondary N) is 1. The summed E-state index contributed by atoms with van der Waals surface area (Å²) >= 11 is 0. The van der Waals surface area contributed by atoms with Crippen molar-refractivity contribution < 1.29 is 18.0 Å². The van der Waals surface area contributed by atoms with Gasteiger partial charge in [0, 0.05) is 5.56 Å². The molecule has 3 nitrogen and oxygen atoms in total. The zero-order valence-electron chi connectivity index (χ0n) is 9.67. The standard InChI is InChI=1S/C13H11F2NO2/c1-8-2-4-10(18-8)7-16-13(17)9-3-5-11(14)12(15)6-9/h2-6H,7H2,1H3,(H,16,17). The third kappa shape index (κ3) is 2.74. The molecule has 0 bridgehead atoms. The van der Waals surface area contributed by atoms with Crippen molar-refractivity contribution in [3.63, 3.8) is 0 Å². The molecule has 0 aliphatic heterocycles. The minimum atomic E-state index is -1.04. The molecule has 5 heteroatoms. The lowest BCUT2D eigenvalue weighted by Crippen LogP contribution is -2.22. The lowest BCUT2D eigenvalue weighted by Gasteiger charge is -2.03. The van der Waals surface area contributed by atoms with Crippen LogP contribution in [0.15, 0.2) is 34.7 Å². The van der Waals surface area contributed by atoms with Crippen LogP contribution in [0.4, 0.5) is 8.78 Å². The van der Waals surface area contributed by atoms with Crippen LogP contribution in [0.1, 0.15) is 21.9 Å². The molecule has 0 spiro atoms. The van der Waals surface area contributed by atoms with Gasteiger partial charge in [0.05, 0.1) is 6.54 Å². The number of carbonyl (C=O) groups is 1. The third-order valence-corrected chi connectivity index (χ3v) is 2.40. The third-order valence-electron chi connectivity index (χ3n) is 2.40. The summed E-state index contributed by atoms with van der Waals surface area (Å²) in [7, 11) is 0. The van der Waals surface area contributed by atoms with Gasteiger partial charge in [-0.15, -0.1) is 0 Å². The van der Waals surface area contributed by atoms with Crippen LogP contribution >= 0.6 is 0 Å². The van der Waals surface area contributed by atoms with Gasteiger partial charge in [-0.1, -0.05) is 0 Å². The molecule has 94 valence electrons. The topological polar surface area (TPSA) is 42.2 Å². The van der Waals surface area contributed by atoms with Crippen molar-refractivity contribution in [2.24, 2.45) is 0 Å². The molecular formula is C13H11F2NO2. The van der Waals surface area contributed by atoms with Crippen LogP contribution < -0.4 is 5.32 Å². The van der Waals surface area contributed by atoms with Crippen LogP contribution in [-0.2, 0) is 6.54 Å². The Morgan fingerprint density at radius 3 is 2.61 bits per heavy atom. The molecule has 1 heterocycles. The van der Waals surface area contributed by atoms with Crippen molar-refractivity contribution in [1.82, 2.24) is 5.32 Å². The predicted octanol–water partition coefficient (Wildman–Crippen LogP) is 2.80. The Labute approximate surface area is 102 Å². The Balaban J connectivity index is 2.01. The summed E-state index contributed by atoms with van der Waals surface area (Å²) in [6.45, 7) is 1.99. The summed E-state index contributed by atoms with van der Waals surface area (Å²) in [6.07, 6.45) is 0. The molecule has 1 amide bonds. The van der Waals surface area contributed by atoms with E-state index in [2.05, 4.69) is 5.32 Å². The van der Waals surface area contributed by atoms with E-state index in [9.17, 15) is 13.6 Å². The van der Waals surface area contributed by atoms with Gasteiger partial charge in [-0.05, 0) is 37.3 Å². The van der Waals surface area contributed by atoms with E-state index in [4.69, 9.17) is 4.42 Å². The molecule has 0 aliphatic carbocycles. The lowest BCUT2D eigenvalue weighted by atomic mass is 10.2. The molecule has 1 N–H and O–H groups in total. The zero-order valence-corrected chi connectivity index (χ0v) is 9.67. The molecule has 0 unspecified atom stereocenters. The Bertz CT molecular complexity index is 578. The largest absolute Gasteiger partial charge is 0.465 e. The monoisotopic (exact) mass is 251 g/mol. The number of halogens is 2. The van der Waals surface area contributed by atoms with Crippen molar-refractivity contribution in [3.8, 4) is 0 Å². The summed E-state index contributed by atoms with van der Waals surface area (Å²) in [6, 6.07) is 6.51. The molecule has 0 radical (unpaired) electrons. The Morgan fingerprint density at radius 2 is 2.00 bits per heavy atom. The Morgan fingerprint density at radius 1 is 1.22 bits per heavy atom. The molecule has 1 aromatic heterocycles. The molecular weight excluding hydrogens is 240 g/mol. The number of furan rings is 1. The van der Waals surface area contributed by atoms with E-state index >= 15 is 0 Å². The molecule has 0 saturated heterocycles. The molecule has 0 atom stereocenters. The van der Waals surface area contributed by atoms with Crippen molar-refractivity contribution in [2.75, 3.05) is 0 Å². The van der Waals surface area contributed by atoms with Gasteiger partial charge in [0.15, 0.2) is 11.6 Å². The van der Waals surface area contributed by atoms with Gasteiger partial charge in [-0.2, -0.15) is 0 Å². The second kappa shape index (κ2) is 5.00. The van der Waals surface area contributed by atoms with E-state index < -0.39 is 17.5 Å². The van der Waals surface area contributed by atoms with Gasteiger partial charge in [0.2, 0.25) is 0 Å². The number of benzene rings is 1. The number of aryl methyl sites for hydroxylation is 1. The second-order valence-corrected chi connectivity index (χ2v) is 3.82. The first-order chi connectivity index (χ1) is 8.56. The smallest absolute Gasteiger partial charge is 0.251 e. The summed E-state index contributed by atoms with van der Waals surface area (Å²) < 4.78 is 30.9. The van der Waals surface area contributed by atoms with E-state index in [0.717, 1.165) is 17.9 Å².